The fourth-order valence-corrected chi connectivity index (χ4v) is 2.58. The zero-order valence-electron chi connectivity index (χ0n) is 12.7. The van der Waals surface area contributed by atoms with Gasteiger partial charge in [-0.2, -0.15) is 0 Å². The Labute approximate surface area is 134 Å². The SMILES string of the molecule is CN(C)c1ccc(C(=O)c2ccc(N(C)C)cc2Br)cc1. The van der Waals surface area contributed by atoms with Crippen molar-refractivity contribution >= 4 is 33.1 Å². The number of nitrogens with zero attached hydrogens (tertiary/aromatic N) is 2. The molecular weight excluding hydrogens is 328 g/mol. The standard InChI is InChI=1S/C17H19BrN2O/c1-19(2)13-7-5-12(6-8-13)17(21)15-10-9-14(20(3)4)11-16(15)18/h5-11H,1-4H3. The Bertz CT molecular complexity index is 648. The largest absolute Gasteiger partial charge is 0.378 e. The van der Waals surface area contributed by atoms with Crippen LogP contribution in [0.25, 0.3) is 0 Å². The Morgan fingerprint density at radius 3 is 1.86 bits per heavy atom. The van der Waals surface area contributed by atoms with Gasteiger partial charge in [-0.05, 0) is 58.4 Å². The molecule has 0 aliphatic carbocycles. The molecule has 0 fully saturated rings. The van der Waals surface area contributed by atoms with Crippen molar-refractivity contribution in [3.05, 3.63) is 58.1 Å². The molecule has 0 unspecified atom stereocenters. The van der Waals surface area contributed by atoms with Gasteiger partial charge >= 0.3 is 0 Å². The minimum atomic E-state index is 0.0255. The second kappa shape index (κ2) is 6.31. The number of hydrogen-bond acceptors (Lipinski definition) is 3. The number of anilines is 2. The van der Waals surface area contributed by atoms with E-state index in [1.807, 2.05) is 80.5 Å². The Hall–Kier alpha value is -1.81. The minimum absolute atomic E-state index is 0.0255. The van der Waals surface area contributed by atoms with Gasteiger partial charge in [0.1, 0.15) is 0 Å². The third-order valence-electron chi connectivity index (χ3n) is 3.36. The molecule has 0 aliphatic rings. The highest BCUT2D eigenvalue weighted by Crippen LogP contribution is 2.25. The topological polar surface area (TPSA) is 23.6 Å². The third kappa shape index (κ3) is 3.45. The smallest absolute Gasteiger partial charge is 0.194 e. The molecule has 0 bridgehead atoms. The molecule has 0 amide bonds. The van der Waals surface area contributed by atoms with E-state index in [0.29, 0.717) is 11.1 Å². The molecule has 0 radical (unpaired) electrons. The van der Waals surface area contributed by atoms with E-state index >= 15 is 0 Å². The number of ketones is 1. The summed E-state index contributed by atoms with van der Waals surface area (Å²) >= 11 is 3.50. The van der Waals surface area contributed by atoms with Crippen molar-refractivity contribution in [1.82, 2.24) is 0 Å². The summed E-state index contributed by atoms with van der Waals surface area (Å²) in [5.74, 6) is 0.0255. The lowest BCUT2D eigenvalue weighted by molar-refractivity contribution is 0.103. The normalized spacial score (nSPS) is 10.3. The van der Waals surface area contributed by atoms with E-state index < -0.39 is 0 Å². The van der Waals surface area contributed by atoms with Crippen molar-refractivity contribution in [2.75, 3.05) is 38.0 Å². The molecule has 2 rings (SSSR count). The monoisotopic (exact) mass is 346 g/mol. The van der Waals surface area contributed by atoms with Crippen molar-refractivity contribution in [3.63, 3.8) is 0 Å². The second-order valence-corrected chi connectivity index (χ2v) is 6.18. The van der Waals surface area contributed by atoms with Gasteiger partial charge in [0.15, 0.2) is 5.78 Å². The van der Waals surface area contributed by atoms with E-state index in [-0.39, 0.29) is 5.78 Å². The van der Waals surface area contributed by atoms with E-state index in [4.69, 9.17) is 0 Å². The van der Waals surface area contributed by atoms with Gasteiger partial charge in [-0.1, -0.05) is 0 Å². The molecule has 0 aromatic heterocycles. The van der Waals surface area contributed by atoms with Crippen LogP contribution in [0.15, 0.2) is 46.9 Å². The molecule has 0 spiro atoms. The van der Waals surface area contributed by atoms with E-state index in [0.717, 1.165) is 15.8 Å². The van der Waals surface area contributed by atoms with Gasteiger partial charge in [0.05, 0.1) is 0 Å². The zero-order chi connectivity index (χ0) is 15.6. The molecule has 2 aromatic rings. The maximum Gasteiger partial charge on any atom is 0.194 e. The Kier molecular flexibility index (Phi) is 4.68. The van der Waals surface area contributed by atoms with Gasteiger partial charge in [0.2, 0.25) is 0 Å². The minimum Gasteiger partial charge on any atom is -0.378 e. The lowest BCUT2D eigenvalue weighted by Crippen LogP contribution is -2.10. The third-order valence-corrected chi connectivity index (χ3v) is 4.02. The van der Waals surface area contributed by atoms with Crippen LogP contribution in [0, 0.1) is 0 Å². The molecule has 21 heavy (non-hydrogen) atoms. The summed E-state index contributed by atoms with van der Waals surface area (Å²) in [5, 5.41) is 0. The summed E-state index contributed by atoms with van der Waals surface area (Å²) in [7, 11) is 7.91. The molecule has 0 aliphatic heterocycles. The van der Waals surface area contributed by atoms with Crippen molar-refractivity contribution in [2.45, 2.75) is 0 Å². The average molecular weight is 347 g/mol. The average Bonchev–Trinajstić information content (AvgIpc) is 2.46. The molecule has 0 atom stereocenters. The predicted octanol–water partition coefficient (Wildman–Crippen LogP) is 3.81. The first-order valence-corrected chi connectivity index (χ1v) is 7.48. The summed E-state index contributed by atoms with van der Waals surface area (Å²) in [6, 6.07) is 13.4. The van der Waals surface area contributed by atoms with Crippen LogP contribution in [0.4, 0.5) is 11.4 Å². The lowest BCUT2D eigenvalue weighted by atomic mass is 10.0. The quantitative estimate of drug-likeness (QED) is 0.786. The van der Waals surface area contributed by atoms with Crippen LogP contribution in [-0.2, 0) is 0 Å². The molecule has 0 N–H and O–H groups in total. The number of rotatable bonds is 4. The number of halogens is 1. The summed E-state index contributed by atoms with van der Waals surface area (Å²) in [6.07, 6.45) is 0. The summed E-state index contributed by atoms with van der Waals surface area (Å²) in [5.41, 5.74) is 3.51. The number of carbonyl (C=O) groups excluding carboxylic acids is 1. The van der Waals surface area contributed by atoms with Crippen molar-refractivity contribution in [2.24, 2.45) is 0 Å². The van der Waals surface area contributed by atoms with Crippen LogP contribution >= 0.6 is 15.9 Å². The van der Waals surface area contributed by atoms with E-state index in [1.54, 1.807) is 0 Å². The molecule has 0 saturated carbocycles. The summed E-state index contributed by atoms with van der Waals surface area (Å²) in [4.78, 5) is 16.6. The molecule has 0 saturated heterocycles. The van der Waals surface area contributed by atoms with Crippen LogP contribution in [0.5, 0.6) is 0 Å². The van der Waals surface area contributed by atoms with E-state index in [9.17, 15) is 4.79 Å². The molecule has 4 heteroatoms. The van der Waals surface area contributed by atoms with Crippen molar-refractivity contribution in [1.29, 1.82) is 0 Å². The molecule has 0 heterocycles. The van der Waals surface area contributed by atoms with Crippen LogP contribution in [0.3, 0.4) is 0 Å². The first-order valence-electron chi connectivity index (χ1n) is 6.69. The highest BCUT2D eigenvalue weighted by molar-refractivity contribution is 9.10. The first-order chi connectivity index (χ1) is 9.90. The number of benzene rings is 2. The maximum absolute atomic E-state index is 12.6. The summed E-state index contributed by atoms with van der Waals surface area (Å²) < 4.78 is 0.815. The van der Waals surface area contributed by atoms with Crippen LogP contribution in [0.1, 0.15) is 15.9 Å². The lowest BCUT2D eigenvalue weighted by Gasteiger charge is -2.15. The Morgan fingerprint density at radius 2 is 1.38 bits per heavy atom. The summed E-state index contributed by atoms with van der Waals surface area (Å²) in [6.45, 7) is 0. The van der Waals surface area contributed by atoms with Crippen LogP contribution < -0.4 is 9.80 Å². The van der Waals surface area contributed by atoms with Crippen LogP contribution in [-0.4, -0.2) is 34.0 Å². The van der Waals surface area contributed by atoms with E-state index in [1.165, 1.54) is 0 Å². The number of hydrogen-bond donors (Lipinski definition) is 0. The van der Waals surface area contributed by atoms with Crippen molar-refractivity contribution < 1.29 is 4.79 Å². The second-order valence-electron chi connectivity index (χ2n) is 5.33. The highest BCUT2D eigenvalue weighted by Gasteiger charge is 2.13. The van der Waals surface area contributed by atoms with Gasteiger partial charge in [0.25, 0.3) is 0 Å². The molecule has 2 aromatic carbocycles. The van der Waals surface area contributed by atoms with Gasteiger partial charge in [-0.25, -0.2) is 0 Å². The fraction of sp³-hybridized carbons (Fsp3) is 0.235. The van der Waals surface area contributed by atoms with Gasteiger partial charge in [-0.3, -0.25) is 4.79 Å². The van der Waals surface area contributed by atoms with Crippen LogP contribution in [0.2, 0.25) is 0 Å². The van der Waals surface area contributed by atoms with Gasteiger partial charge in [-0.15, -0.1) is 0 Å². The fourth-order valence-electron chi connectivity index (χ4n) is 2.03. The zero-order valence-corrected chi connectivity index (χ0v) is 14.3. The van der Waals surface area contributed by atoms with Crippen molar-refractivity contribution in [3.8, 4) is 0 Å². The Morgan fingerprint density at radius 1 is 0.857 bits per heavy atom. The molecule has 3 nitrogen and oxygen atoms in total. The maximum atomic E-state index is 12.6. The van der Waals surface area contributed by atoms with Gasteiger partial charge in [0, 0.05) is 55.2 Å². The number of carbonyl (C=O) groups is 1. The van der Waals surface area contributed by atoms with Gasteiger partial charge < -0.3 is 9.80 Å². The highest BCUT2D eigenvalue weighted by atomic mass is 79.9. The molecular formula is C17H19BrN2O. The first kappa shape index (κ1) is 15.6. The Balaban J connectivity index is 2.31. The van der Waals surface area contributed by atoms with E-state index in [2.05, 4.69) is 15.9 Å². The predicted molar refractivity (Wildman–Crippen MR) is 92.7 cm³/mol. The molecule has 110 valence electrons.